The zero-order chi connectivity index (χ0) is 22.0. The van der Waals surface area contributed by atoms with Crippen LogP contribution in [0.3, 0.4) is 0 Å². The molecule has 3 aromatic carbocycles. The highest BCUT2D eigenvalue weighted by Crippen LogP contribution is 2.30. The van der Waals surface area contributed by atoms with Crippen LogP contribution in [0.1, 0.15) is 22.7 Å². The topological polar surface area (TPSA) is 68.5 Å². The summed E-state index contributed by atoms with van der Waals surface area (Å²) in [6, 6.07) is 23.5. The summed E-state index contributed by atoms with van der Waals surface area (Å²) < 4.78 is 32.5. The minimum atomic E-state index is -3.98. The lowest BCUT2D eigenvalue weighted by Crippen LogP contribution is -2.30. The van der Waals surface area contributed by atoms with E-state index in [-0.39, 0.29) is 11.5 Å². The highest BCUT2D eigenvalue weighted by molar-refractivity contribution is 7.86. The van der Waals surface area contributed by atoms with Crippen molar-refractivity contribution in [1.82, 2.24) is 4.57 Å². The predicted octanol–water partition coefficient (Wildman–Crippen LogP) is 4.61. The number of aromatic nitrogens is 1. The van der Waals surface area contributed by atoms with E-state index in [1.54, 1.807) is 12.1 Å². The van der Waals surface area contributed by atoms with Gasteiger partial charge in [0.25, 0.3) is 10.1 Å². The van der Waals surface area contributed by atoms with E-state index in [1.807, 2.05) is 79.2 Å². The van der Waals surface area contributed by atoms with E-state index >= 15 is 0 Å². The number of nitrogens with zero attached hydrogens (tertiary/aromatic N) is 1. The van der Waals surface area contributed by atoms with Crippen LogP contribution >= 0.6 is 0 Å². The molecule has 31 heavy (non-hydrogen) atoms. The molecule has 160 valence electrons. The summed E-state index contributed by atoms with van der Waals surface area (Å²) in [5, 5.41) is 12.2. The van der Waals surface area contributed by atoms with Gasteiger partial charge in [0.2, 0.25) is 0 Å². The molecule has 6 heteroatoms. The number of benzene rings is 3. The second-order valence-electron chi connectivity index (χ2n) is 7.71. The maximum absolute atomic E-state index is 12.6. The lowest BCUT2D eigenvalue weighted by atomic mass is 10.0. The standard InChI is InChI=1S/C25H25NO4S/c1-18-12-14-21(15-13-18)31(28,29)30-17-24(27)25(20-8-4-3-5-9-20)26-16-19(2)22-10-6-7-11-23(22)26/h3-16,24-25,27H,17H2,1-2H3. The third kappa shape index (κ3) is 4.42. The fourth-order valence-electron chi connectivity index (χ4n) is 3.85. The van der Waals surface area contributed by atoms with Crippen LogP contribution < -0.4 is 0 Å². The van der Waals surface area contributed by atoms with E-state index in [4.69, 9.17) is 4.18 Å². The summed E-state index contributed by atoms with van der Waals surface area (Å²) in [5.74, 6) is 0. The first-order valence-electron chi connectivity index (χ1n) is 10.1. The molecular weight excluding hydrogens is 410 g/mol. The van der Waals surface area contributed by atoms with E-state index in [1.165, 1.54) is 12.1 Å². The minimum absolute atomic E-state index is 0.0730. The van der Waals surface area contributed by atoms with Crippen LogP contribution in [-0.2, 0) is 14.3 Å². The zero-order valence-electron chi connectivity index (χ0n) is 17.5. The van der Waals surface area contributed by atoms with Gasteiger partial charge in [-0.05, 0) is 43.2 Å². The number of aliphatic hydroxyl groups excluding tert-OH is 1. The van der Waals surface area contributed by atoms with Gasteiger partial charge in [0.1, 0.15) is 6.10 Å². The smallest absolute Gasteiger partial charge is 0.297 e. The molecule has 5 nitrogen and oxygen atoms in total. The van der Waals surface area contributed by atoms with Gasteiger partial charge in [-0.2, -0.15) is 8.42 Å². The summed E-state index contributed by atoms with van der Waals surface area (Å²) in [4.78, 5) is 0.0730. The number of hydrogen-bond acceptors (Lipinski definition) is 4. The average molecular weight is 436 g/mol. The van der Waals surface area contributed by atoms with Crippen molar-refractivity contribution in [2.75, 3.05) is 6.61 Å². The average Bonchev–Trinajstić information content (AvgIpc) is 3.10. The molecule has 1 N–H and O–H groups in total. The van der Waals surface area contributed by atoms with Gasteiger partial charge in [0.05, 0.1) is 17.5 Å². The fraction of sp³-hybridized carbons (Fsp3) is 0.200. The highest BCUT2D eigenvalue weighted by atomic mass is 32.2. The third-order valence-corrected chi connectivity index (χ3v) is 6.74. The van der Waals surface area contributed by atoms with Crippen molar-refractivity contribution < 1.29 is 17.7 Å². The first-order chi connectivity index (χ1) is 14.9. The van der Waals surface area contributed by atoms with Gasteiger partial charge in [-0.1, -0.05) is 66.2 Å². The summed E-state index contributed by atoms with van der Waals surface area (Å²) in [5.41, 5.74) is 3.87. The van der Waals surface area contributed by atoms with Gasteiger partial charge in [-0.15, -0.1) is 0 Å². The predicted molar refractivity (Wildman–Crippen MR) is 122 cm³/mol. The maximum atomic E-state index is 12.6. The summed E-state index contributed by atoms with van der Waals surface area (Å²) in [6.07, 6.45) is 0.901. The Kier molecular flexibility index (Phi) is 5.96. The van der Waals surface area contributed by atoms with Crippen molar-refractivity contribution in [3.63, 3.8) is 0 Å². The van der Waals surface area contributed by atoms with Crippen molar-refractivity contribution in [3.05, 3.63) is 102 Å². The van der Waals surface area contributed by atoms with E-state index < -0.39 is 22.3 Å². The second-order valence-corrected chi connectivity index (χ2v) is 9.33. The van der Waals surface area contributed by atoms with Gasteiger partial charge in [0, 0.05) is 17.1 Å². The van der Waals surface area contributed by atoms with Crippen LogP contribution in [0.4, 0.5) is 0 Å². The Balaban J connectivity index is 1.67. The van der Waals surface area contributed by atoms with Crippen LogP contribution in [-0.4, -0.2) is 30.8 Å². The molecule has 2 atom stereocenters. The van der Waals surface area contributed by atoms with E-state index in [0.29, 0.717) is 0 Å². The van der Waals surface area contributed by atoms with Crippen molar-refractivity contribution in [1.29, 1.82) is 0 Å². The summed E-state index contributed by atoms with van der Waals surface area (Å²) in [6.45, 7) is 3.54. The number of hydrogen-bond donors (Lipinski definition) is 1. The van der Waals surface area contributed by atoms with Crippen molar-refractivity contribution >= 4 is 21.0 Å². The summed E-state index contributed by atoms with van der Waals surface area (Å²) in [7, 11) is -3.98. The number of para-hydroxylation sites is 1. The molecule has 1 heterocycles. The quantitative estimate of drug-likeness (QED) is 0.430. The molecule has 0 aliphatic heterocycles. The first kappa shape index (κ1) is 21.3. The van der Waals surface area contributed by atoms with Crippen LogP contribution in [0.25, 0.3) is 10.9 Å². The number of aryl methyl sites for hydroxylation is 2. The molecule has 0 saturated carbocycles. The van der Waals surface area contributed by atoms with Gasteiger partial charge in [0.15, 0.2) is 0 Å². The Hall–Kier alpha value is -2.93. The van der Waals surface area contributed by atoms with E-state index in [9.17, 15) is 13.5 Å². The van der Waals surface area contributed by atoms with Crippen LogP contribution in [0, 0.1) is 13.8 Å². The van der Waals surface area contributed by atoms with Gasteiger partial charge in [-0.25, -0.2) is 0 Å². The molecule has 0 bridgehead atoms. The third-order valence-electron chi connectivity index (χ3n) is 5.45. The molecule has 0 radical (unpaired) electrons. The normalized spacial score (nSPS) is 13.9. The molecule has 0 saturated heterocycles. The SMILES string of the molecule is Cc1ccc(S(=O)(=O)OCC(O)C(c2ccccc2)n2cc(C)c3ccccc32)cc1. The van der Waals surface area contributed by atoms with Gasteiger partial charge in [-0.3, -0.25) is 4.18 Å². The molecule has 4 aromatic rings. The highest BCUT2D eigenvalue weighted by Gasteiger charge is 2.27. The van der Waals surface area contributed by atoms with Crippen molar-refractivity contribution in [2.45, 2.75) is 30.9 Å². The Labute approximate surface area is 182 Å². The molecular formula is C25H25NO4S. The van der Waals surface area contributed by atoms with E-state index in [2.05, 4.69) is 0 Å². The molecule has 0 aliphatic carbocycles. The number of rotatable bonds is 7. The Morgan fingerprint density at radius 1 is 0.903 bits per heavy atom. The van der Waals surface area contributed by atoms with Crippen LogP contribution in [0.15, 0.2) is 90.0 Å². The molecule has 0 aliphatic rings. The van der Waals surface area contributed by atoms with Crippen LogP contribution in [0.5, 0.6) is 0 Å². The lowest BCUT2D eigenvalue weighted by Gasteiger charge is -2.26. The van der Waals surface area contributed by atoms with Gasteiger partial charge < -0.3 is 9.67 Å². The van der Waals surface area contributed by atoms with Crippen LogP contribution in [0.2, 0.25) is 0 Å². The maximum Gasteiger partial charge on any atom is 0.297 e. The molecule has 2 unspecified atom stereocenters. The first-order valence-corrected chi connectivity index (χ1v) is 11.5. The fourth-order valence-corrected chi connectivity index (χ4v) is 4.78. The number of aliphatic hydroxyl groups is 1. The molecule has 0 spiro atoms. The lowest BCUT2D eigenvalue weighted by molar-refractivity contribution is 0.0785. The minimum Gasteiger partial charge on any atom is -0.388 e. The summed E-state index contributed by atoms with van der Waals surface area (Å²) >= 11 is 0. The van der Waals surface area contributed by atoms with Crippen molar-refractivity contribution in [3.8, 4) is 0 Å². The molecule has 1 aromatic heterocycles. The zero-order valence-corrected chi connectivity index (χ0v) is 18.3. The van der Waals surface area contributed by atoms with Crippen molar-refractivity contribution in [2.24, 2.45) is 0 Å². The largest absolute Gasteiger partial charge is 0.388 e. The molecule has 0 fully saturated rings. The van der Waals surface area contributed by atoms with E-state index in [0.717, 1.165) is 27.6 Å². The Bertz CT molecular complexity index is 1280. The number of fused-ring (bicyclic) bond motifs is 1. The van der Waals surface area contributed by atoms with Gasteiger partial charge >= 0.3 is 0 Å². The molecule has 0 amide bonds. The monoisotopic (exact) mass is 435 g/mol. The Morgan fingerprint density at radius 3 is 2.26 bits per heavy atom. The molecule has 4 rings (SSSR count). The second kappa shape index (κ2) is 8.67. The Morgan fingerprint density at radius 2 is 1.55 bits per heavy atom.